The summed E-state index contributed by atoms with van der Waals surface area (Å²) >= 11 is 0. The Morgan fingerprint density at radius 3 is 1.64 bits per heavy atom. The summed E-state index contributed by atoms with van der Waals surface area (Å²) in [6.45, 7) is 1.65. The van der Waals surface area contributed by atoms with Crippen molar-refractivity contribution in [3.63, 3.8) is 0 Å². The fraction of sp³-hybridized carbons (Fsp3) is 1.00. The maximum atomic E-state index is 13.2. The molecule has 0 fully saturated rings. The van der Waals surface area contributed by atoms with E-state index in [1.807, 2.05) is 0 Å². The van der Waals surface area contributed by atoms with E-state index in [1.165, 1.54) is 0 Å². The summed E-state index contributed by atoms with van der Waals surface area (Å²) in [7, 11) is -7.03. The fourth-order valence-corrected chi connectivity index (χ4v) is 1.96. The number of rotatable bonds is 9. The molecule has 0 aromatic carbocycles. The van der Waals surface area contributed by atoms with Gasteiger partial charge in [-0.15, -0.1) is 0 Å². The van der Waals surface area contributed by atoms with Crippen molar-refractivity contribution in [2.45, 2.75) is 62.0 Å². The van der Waals surface area contributed by atoms with E-state index >= 15 is 0 Å². The van der Waals surface area contributed by atoms with E-state index in [-0.39, 0.29) is 6.42 Å². The van der Waals surface area contributed by atoms with E-state index in [0.29, 0.717) is 12.8 Å². The molecular weight excluding hydrogens is 352 g/mol. The van der Waals surface area contributed by atoms with Gasteiger partial charge in [-0.3, -0.25) is 4.55 Å². The van der Waals surface area contributed by atoms with E-state index in [1.54, 1.807) is 6.92 Å². The molecule has 0 rings (SSSR count). The first kappa shape index (κ1) is 21.4. The minimum absolute atomic E-state index is 0.0254. The van der Waals surface area contributed by atoms with Crippen molar-refractivity contribution in [1.82, 2.24) is 0 Å². The molecule has 0 heterocycles. The van der Waals surface area contributed by atoms with Crippen LogP contribution in [0.5, 0.6) is 0 Å². The van der Waals surface area contributed by atoms with E-state index in [0.717, 1.165) is 0 Å². The molecule has 1 N–H and O–H groups in total. The second kappa shape index (κ2) is 6.46. The fourth-order valence-electron chi connectivity index (χ4n) is 1.51. The summed E-state index contributed by atoms with van der Waals surface area (Å²) in [6.07, 6.45) is -1.66. The first-order valence-corrected chi connectivity index (χ1v) is 7.48. The van der Waals surface area contributed by atoms with Gasteiger partial charge in [-0.2, -0.15) is 43.5 Å². The minimum Gasteiger partial charge on any atom is -0.281 e. The van der Waals surface area contributed by atoms with Crippen LogP contribution in [0.1, 0.15) is 39.0 Å². The highest BCUT2D eigenvalue weighted by atomic mass is 32.2. The van der Waals surface area contributed by atoms with Gasteiger partial charge in [0.25, 0.3) is 0 Å². The van der Waals surface area contributed by atoms with Gasteiger partial charge in [-0.1, -0.05) is 26.2 Å². The molecule has 134 valence electrons. The Morgan fingerprint density at radius 2 is 1.27 bits per heavy atom. The third-order valence-electron chi connectivity index (χ3n) is 2.89. The van der Waals surface area contributed by atoms with Gasteiger partial charge in [0.15, 0.2) is 0 Å². The monoisotopic (exact) mass is 366 g/mol. The molecule has 0 amide bonds. The van der Waals surface area contributed by atoms with Crippen LogP contribution in [0.25, 0.3) is 0 Å². The lowest BCUT2D eigenvalue weighted by Crippen LogP contribution is -2.64. The van der Waals surface area contributed by atoms with Crippen molar-refractivity contribution in [2.24, 2.45) is 0 Å². The van der Waals surface area contributed by atoms with Gasteiger partial charge in [-0.25, -0.2) is 0 Å². The maximum Gasteiger partial charge on any atom is 0.438 e. The zero-order valence-corrected chi connectivity index (χ0v) is 12.0. The average molecular weight is 366 g/mol. The summed E-state index contributed by atoms with van der Waals surface area (Å²) in [4.78, 5) is 0. The normalized spacial score (nSPS) is 15.2. The average Bonchev–Trinajstić information content (AvgIpc) is 2.32. The van der Waals surface area contributed by atoms with Crippen LogP contribution < -0.4 is 0 Å². The van der Waals surface area contributed by atoms with Crippen molar-refractivity contribution >= 4 is 10.1 Å². The SMILES string of the molecule is CCCCCCC(F)(F)C(F)(F)C(F)(F)C(F)(F)S(=O)(=O)O. The Morgan fingerprint density at radius 1 is 0.818 bits per heavy atom. The Labute approximate surface area is 121 Å². The molecule has 0 bridgehead atoms. The number of unbranched alkanes of at least 4 members (excludes halogenated alkanes) is 3. The molecule has 0 atom stereocenters. The summed E-state index contributed by atoms with van der Waals surface area (Å²) in [5.41, 5.74) is 0. The third-order valence-corrected chi connectivity index (χ3v) is 3.79. The van der Waals surface area contributed by atoms with Crippen LogP contribution >= 0.6 is 0 Å². The molecule has 0 aliphatic carbocycles. The van der Waals surface area contributed by atoms with E-state index in [2.05, 4.69) is 0 Å². The second-order valence-corrected chi connectivity index (χ2v) is 6.12. The highest BCUT2D eigenvalue weighted by molar-refractivity contribution is 7.87. The lowest BCUT2D eigenvalue weighted by atomic mass is 9.98. The van der Waals surface area contributed by atoms with Crippen LogP contribution in [0.2, 0.25) is 0 Å². The zero-order chi connectivity index (χ0) is 18.0. The molecule has 0 aromatic rings. The van der Waals surface area contributed by atoms with Crippen molar-refractivity contribution in [3.05, 3.63) is 0 Å². The summed E-state index contributed by atoms with van der Waals surface area (Å²) in [5, 5.41) is -6.77. The van der Waals surface area contributed by atoms with Gasteiger partial charge in [0.05, 0.1) is 0 Å². The zero-order valence-electron chi connectivity index (χ0n) is 11.2. The number of hydrogen-bond donors (Lipinski definition) is 1. The standard InChI is InChI=1S/C10H14F8O3S/c1-2-3-4-5-6-7(11,12)8(13,14)9(15,16)10(17,18)22(19,20)21/h2-6H2,1H3,(H,19,20,21). The minimum atomic E-state index is -7.03. The van der Waals surface area contributed by atoms with Gasteiger partial charge in [-0.05, 0) is 6.42 Å². The van der Waals surface area contributed by atoms with Crippen LogP contribution in [0, 0.1) is 0 Å². The van der Waals surface area contributed by atoms with Gasteiger partial charge >= 0.3 is 33.1 Å². The molecule has 0 aliphatic heterocycles. The predicted octanol–water partition coefficient (Wildman–Crippen LogP) is 4.34. The topological polar surface area (TPSA) is 54.4 Å². The molecule has 3 nitrogen and oxygen atoms in total. The van der Waals surface area contributed by atoms with Crippen molar-refractivity contribution in [1.29, 1.82) is 0 Å². The molecule has 0 aromatic heterocycles. The van der Waals surface area contributed by atoms with Gasteiger partial charge in [0.2, 0.25) is 0 Å². The first-order chi connectivity index (χ1) is 9.56. The molecule has 0 aliphatic rings. The molecule has 12 heteroatoms. The van der Waals surface area contributed by atoms with E-state index in [9.17, 15) is 43.5 Å². The Bertz CT molecular complexity index is 475. The van der Waals surface area contributed by atoms with Gasteiger partial charge in [0, 0.05) is 6.42 Å². The Hall–Kier alpha value is -0.650. The molecule has 0 unspecified atom stereocenters. The second-order valence-electron chi connectivity index (χ2n) is 4.66. The lowest BCUT2D eigenvalue weighted by molar-refractivity contribution is -0.349. The van der Waals surface area contributed by atoms with Crippen molar-refractivity contribution in [3.8, 4) is 0 Å². The number of alkyl halides is 8. The Kier molecular flexibility index (Phi) is 6.27. The van der Waals surface area contributed by atoms with Crippen molar-refractivity contribution < 1.29 is 48.1 Å². The smallest absolute Gasteiger partial charge is 0.281 e. The van der Waals surface area contributed by atoms with Gasteiger partial charge < -0.3 is 0 Å². The van der Waals surface area contributed by atoms with Crippen LogP contribution in [-0.4, -0.2) is 36.0 Å². The summed E-state index contributed by atoms with van der Waals surface area (Å²) in [5.74, 6) is -19.3. The Balaban J connectivity index is 5.50. The molecule has 0 spiro atoms. The molecule has 0 saturated carbocycles. The molecular formula is C10H14F8O3S. The quantitative estimate of drug-likeness (QED) is 0.375. The molecule has 0 saturated heterocycles. The van der Waals surface area contributed by atoms with Crippen LogP contribution in [0.15, 0.2) is 0 Å². The largest absolute Gasteiger partial charge is 0.438 e. The van der Waals surface area contributed by atoms with Crippen molar-refractivity contribution in [2.75, 3.05) is 0 Å². The highest BCUT2D eigenvalue weighted by Gasteiger charge is 2.84. The molecule has 22 heavy (non-hydrogen) atoms. The number of hydrogen-bond acceptors (Lipinski definition) is 2. The van der Waals surface area contributed by atoms with Crippen LogP contribution in [0.4, 0.5) is 35.1 Å². The number of halogens is 8. The predicted molar refractivity (Wildman–Crippen MR) is 60.1 cm³/mol. The third kappa shape index (κ3) is 3.63. The summed E-state index contributed by atoms with van der Waals surface area (Å²) < 4.78 is 132. The first-order valence-electron chi connectivity index (χ1n) is 6.04. The summed E-state index contributed by atoms with van der Waals surface area (Å²) in [6, 6.07) is 0. The van der Waals surface area contributed by atoms with E-state index in [4.69, 9.17) is 4.55 Å². The van der Waals surface area contributed by atoms with Crippen LogP contribution in [-0.2, 0) is 10.1 Å². The maximum absolute atomic E-state index is 13.2. The lowest BCUT2D eigenvalue weighted by Gasteiger charge is -2.35. The van der Waals surface area contributed by atoms with Gasteiger partial charge in [0.1, 0.15) is 0 Å². The highest BCUT2D eigenvalue weighted by Crippen LogP contribution is 2.55. The van der Waals surface area contributed by atoms with Crippen LogP contribution in [0.3, 0.4) is 0 Å². The molecule has 0 radical (unpaired) electrons. The van der Waals surface area contributed by atoms with E-state index < -0.39 is 46.0 Å².